The molecule has 9 rings (SSSR count). The third-order valence-corrected chi connectivity index (χ3v) is 13.8. The van der Waals surface area contributed by atoms with Gasteiger partial charge in [-0.05, 0) is 102 Å². The van der Waals surface area contributed by atoms with Gasteiger partial charge in [0.05, 0.1) is 43.0 Å². The van der Waals surface area contributed by atoms with Gasteiger partial charge in [-0.3, -0.25) is 14.4 Å². The first-order valence-corrected chi connectivity index (χ1v) is 22.0. The number of alkyl carbamates (subject to hydrolysis) is 1. The summed E-state index contributed by atoms with van der Waals surface area (Å²) in [6.07, 6.45) is 10.6. The van der Waals surface area contributed by atoms with Gasteiger partial charge in [0.15, 0.2) is 0 Å². The van der Waals surface area contributed by atoms with Crippen molar-refractivity contribution in [2.45, 2.75) is 109 Å². The van der Waals surface area contributed by atoms with E-state index in [1.165, 1.54) is 53.2 Å². The van der Waals surface area contributed by atoms with E-state index >= 15 is 0 Å². The molecule has 4 heterocycles. The Morgan fingerprint density at radius 3 is 1.79 bits per heavy atom. The number of carbonyl (C=O) groups is 4. The Morgan fingerprint density at radius 2 is 1.21 bits per heavy atom. The largest absolute Gasteiger partial charge is 0.453 e. The first-order valence-electron chi connectivity index (χ1n) is 22.0. The van der Waals surface area contributed by atoms with Gasteiger partial charge in [0.2, 0.25) is 18.2 Å². The van der Waals surface area contributed by atoms with Gasteiger partial charge in [0.1, 0.15) is 23.7 Å². The highest BCUT2D eigenvalue weighted by Gasteiger charge is 2.42. The van der Waals surface area contributed by atoms with E-state index < -0.39 is 18.2 Å². The SMILES string of the molecule is COC(=O)NC(C(=O)N1CCCC1c1ncc(-c2ccc(-c3ccc(-c4cnc(C5CCCN5C(=O)C(NC=O)C(C)C)[nH]4)c4ccccc34)c3c2C2CCC3C2)[nH]1)C(C)C. The van der Waals surface area contributed by atoms with E-state index in [1.807, 2.05) is 49.9 Å². The molecule has 0 spiro atoms. The quantitative estimate of drug-likeness (QED) is 0.0923. The number of ether oxygens (including phenoxy) is 1. The summed E-state index contributed by atoms with van der Waals surface area (Å²) >= 11 is 0. The molecule has 2 aromatic heterocycles. The van der Waals surface area contributed by atoms with Crippen molar-refractivity contribution in [2.75, 3.05) is 20.2 Å². The molecule has 2 aliphatic carbocycles. The molecule has 4 aliphatic rings. The predicted molar refractivity (Wildman–Crippen MR) is 233 cm³/mol. The molecule has 0 radical (unpaired) electrons. The second-order valence-corrected chi connectivity index (χ2v) is 18.0. The maximum Gasteiger partial charge on any atom is 0.407 e. The van der Waals surface area contributed by atoms with Gasteiger partial charge in [-0.15, -0.1) is 0 Å². The van der Waals surface area contributed by atoms with Gasteiger partial charge in [-0.1, -0.05) is 76.2 Å². The number of rotatable bonds is 12. The molecule has 318 valence electrons. The van der Waals surface area contributed by atoms with Crippen molar-refractivity contribution < 1.29 is 23.9 Å². The van der Waals surface area contributed by atoms with Gasteiger partial charge in [-0.25, -0.2) is 14.8 Å². The first-order chi connectivity index (χ1) is 29.6. The Bertz CT molecular complexity index is 2490. The highest BCUT2D eigenvalue weighted by molar-refractivity contribution is 6.05. The van der Waals surface area contributed by atoms with Crippen molar-refractivity contribution in [1.29, 1.82) is 0 Å². The monoisotopic (exact) mass is 824 g/mol. The van der Waals surface area contributed by atoms with Crippen molar-refractivity contribution in [1.82, 2.24) is 40.4 Å². The molecule has 6 unspecified atom stereocenters. The number of hydrogen-bond donors (Lipinski definition) is 4. The minimum atomic E-state index is -0.688. The van der Waals surface area contributed by atoms with Crippen molar-refractivity contribution in [2.24, 2.45) is 11.8 Å². The van der Waals surface area contributed by atoms with E-state index in [2.05, 4.69) is 69.1 Å². The molecular formula is C48H56N8O5. The number of nitrogens with zero attached hydrogens (tertiary/aromatic N) is 4. The van der Waals surface area contributed by atoms with E-state index in [9.17, 15) is 19.2 Å². The number of amides is 4. The fraction of sp³-hybridized carbons (Fsp3) is 0.458. The molecule has 61 heavy (non-hydrogen) atoms. The summed E-state index contributed by atoms with van der Waals surface area (Å²) in [7, 11) is 1.31. The summed E-state index contributed by atoms with van der Waals surface area (Å²) in [6.45, 7) is 8.97. The topological polar surface area (TPSA) is 165 Å². The van der Waals surface area contributed by atoms with Gasteiger partial charge in [-0.2, -0.15) is 0 Å². The molecule has 2 bridgehead atoms. The van der Waals surface area contributed by atoms with Crippen LogP contribution in [0.1, 0.15) is 119 Å². The summed E-state index contributed by atoms with van der Waals surface area (Å²) in [6, 6.07) is 15.9. The normalized spacial score (nSPS) is 21.6. The van der Waals surface area contributed by atoms with Crippen LogP contribution < -0.4 is 10.6 Å². The molecule has 6 atom stereocenters. The number of fused-ring (bicyclic) bond motifs is 6. The number of aromatic nitrogens is 4. The summed E-state index contributed by atoms with van der Waals surface area (Å²) < 4.78 is 4.83. The molecule has 3 aromatic carbocycles. The number of aromatic amines is 2. The Labute approximate surface area is 356 Å². The number of hydrogen-bond acceptors (Lipinski definition) is 7. The van der Waals surface area contributed by atoms with Crippen LogP contribution in [0.2, 0.25) is 0 Å². The van der Waals surface area contributed by atoms with Crippen LogP contribution in [0.15, 0.2) is 60.9 Å². The summed E-state index contributed by atoms with van der Waals surface area (Å²) in [4.78, 5) is 71.6. The summed E-state index contributed by atoms with van der Waals surface area (Å²) in [5, 5.41) is 7.77. The minimum Gasteiger partial charge on any atom is -0.453 e. The third-order valence-electron chi connectivity index (χ3n) is 13.8. The average molecular weight is 825 g/mol. The maximum absolute atomic E-state index is 13.8. The fourth-order valence-electron chi connectivity index (χ4n) is 10.9. The van der Waals surface area contributed by atoms with Crippen LogP contribution in [0.25, 0.3) is 44.4 Å². The lowest BCUT2D eigenvalue weighted by Crippen LogP contribution is -2.51. The third kappa shape index (κ3) is 7.15. The van der Waals surface area contributed by atoms with Gasteiger partial charge in [0, 0.05) is 24.2 Å². The molecule has 4 N–H and O–H groups in total. The number of imidazole rings is 2. The van der Waals surface area contributed by atoms with Crippen LogP contribution in [0, 0.1) is 11.8 Å². The lowest BCUT2D eigenvalue weighted by Gasteiger charge is -2.30. The van der Waals surface area contributed by atoms with Crippen molar-refractivity contribution in [3.63, 3.8) is 0 Å². The lowest BCUT2D eigenvalue weighted by atomic mass is 9.81. The standard InChI is InChI=1S/C48H56N8O5/c1-26(2)42(51-25-57)46(58)55-20-8-12-38(55)44-49-23-36(52-44)33-17-16-32(30-10-6-7-11-31(30)33)34-18-19-35(41-29-15-14-28(22-29)40(34)41)37-24-50-45(53-37)39-13-9-21-56(39)47(59)43(27(3)4)54-48(60)61-5/h6-7,10-11,16-19,23-29,38-39,42-43H,8-9,12-15,20-22H2,1-5H3,(H,49,52)(H,50,53)(H,51,57)(H,54,60). The Kier molecular flexibility index (Phi) is 10.9. The zero-order valence-corrected chi connectivity index (χ0v) is 35.7. The Balaban J connectivity index is 1.02. The highest BCUT2D eigenvalue weighted by atomic mass is 16.5. The summed E-state index contributed by atoms with van der Waals surface area (Å²) in [5.74, 6) is 2.16. The van der Waals surface area contributed by atoms with Gasteiger partial charge < -0.3 is 35.1 Å². The molecule has 1 saturated carbocycles. The average Bonchev–Trinajstić information content (AvgIpc) is 4.13. The molecule has 13 heteroatoms. The van der Waals surface area contributed by atoms with E-state index in [-0.39, 0.29) is 35.7 Å². The van der Waals surface area contributed by atoms with Crippen LogP contribution >= 0.6 is 0 Å². The van der Waals surface area contributed by atoms with Crippen LogP contribution in [-0.2, 0) is 19.1 Å². The van der Waals surface area contributed by atoms with Crippen LogP contribution in [0.5, 0.6) is 0 Å². The zero-order chi connectivity index (χ0) is 42.5. The van der Waals surface area contributed by atoms with Crippen molar-refractivity contribution in [3.8, 4) is 33.6 Å². The fourth-order valence-corrected chi connectivity index (χ4v) is 10.9. The van der Waals surface area contributed by atoms with Crippen LogP contribution in [0.4, 0.5) is 4.79 Å². The second kappa shape index (κ2) is 16.5. The molecule has 5 aromatic rings. The van der Waals surface area contributed by atoms with Crippen molar-refractivity contribution in [3.05, 3.63) is 83.7 Å². The van der Waals surface area contributed by atoms with E-state index in [0.29, 0.717) is 31.3 Å². The predicted octanol–water partition coefficient (Wildman–Crippen LogP) is 8.13. The number of H-pyrrole nitrogens is 2. The van der Waals surface area contributed by atoms with Gasteiger partial charge in [0.25, 0.3) is 0 Å². The summed E-state index contributed by atoms with van der Waals surface area (Å²) in [5.41, 5.74) is 9.43. The van der Waals surface area contributed by atoms with Gasteiger partial charge >= 0.3 is 6.09 Å². The number of nitrogens with one attached hydrogen (secondary N) is 4. The van der Waals surface area contributed by atoms with E-state index in [4.69, 9.17) is 14.7 Å². The van der Waals surface area contributed by atoms with Crippen LogP contribution in [0.3, 0.4) is 0 Å². The Hall–Kier alpha value is -5.98. The first kappa shape index (κ1) is 40.4. The minimum absolute atomic E-state index is 0.0311. The molecule has 13 nitrogen and oxygen atoms in total. The van der Waals surface area contributed by atoms with E-state index in [0.717, 1.165) is 66.1 Å². The number of likely N-dealkylation sites (tertiary alicyclic amines) is 2. The second-order valence-electron chi connectivity index (χ2n) is 18.0. The molecule has 4 amide bonds. The highest BCUT2D eigenvalue weighted by Crippen LogP contribution is 2.58. The Morgan fingerprint density at radius 1 is 0.705 bits per heavy atom. The molecular weight excluding hydrogens is 769 g/mol. The molecule has 2 saturated heterocycles. The number of carbonyl (C=O) groups excluding carboxylic acids is 4. The maximum atomic E-state index is 13.8. The molecule has 2 aliphatic heterocycles. The van der Waals surface area contributed by atoms with Crippen molar-refractivity contribution >= 4 is 35.1 Å². The smallest absolute Gasteiger partial charge is 0.407 e. The lowest BCUT2D eigenvalue weighted by molar-refractivity contribution is -0.137. The molecule has 3 fully saturated rings. The zero-order valence-electron chi connectivity index (χ0n) is 35.7. The van der Waals surface area contributed by atoms with Crippen LogP contribution in [-0.4, -0.2) is 86.3 Å². The van der Waals surface area contributed by atoms with E-state index in [1.54, 1.807) is 0 Å². The number of methoxy groups -OCH3 is 1. The number of benzene rings is 3.